The molecule has 1 aliphatic rings. The fourth-order valence-corrected chi connectivity index (χ4v) is 3.79. The van der Waals surface area contributed by atoms with Gasteiger partial charge in [0.1, 0.15) is 19.0 Å². The maximum atomic E-state index is 13.2. The number of phenols is 1. The summed E-state index contributed by atoms with van der Waals surface area (Å²) in [6.07, 6.45) is 3.64. The number of ether oxygens (including phenoxy) is 2. The number of nitriles is 1. The third-order valence-corrected chi connectivity index (χ3v) is 5.27. The van der Waals surface area contributed by atoms with Crippen LogP contribution in [0.15, 0.2) is 83.2 Å². The van der Waals surface area contributed by atoms with E-state index in [1.165, 1.54) is 12.1 Å². The molecule has 3 rings (SSSR count). The highest BCUT2D eigenvalue weighted by molar-refractivity contribution is 6.00. The number of carbonyl (C=O) groups excluding carboxylic acids is 2. The van der Waals surface area contributed by atoms with Crippen molar-refractivity contribution in [2.75, 3.05) is 13.2 Å². The largest absolute Gasteiger partial charge is 0.508 e. The van der Waals surface area contributed by atoms with E-state index >= 15 is 0 Å². The first-order chi connectivity index (χ1) is 16.4. The van der Waals surface area contributed by atoms with Crippen molar-refractivity contribution in [1.29, 1.82) is 5.26 Å². The Kier molecular flexibility index (Phi) is 8.25. The van der Waals surface area contributed by atoms with Gasteiger partial charge in [-0.3, -0.25) is 0 Å². The zero-order valence-corrected chi connectivity index (χ0v) is 19.1. The molecule has 1 atom stereocenters. The minimum absolute atomic E-state index is 0.00190. The lowest BCUT2D eigenvalue weighted by Crippen LogP contribution is -2.32. The molecule has 7 nitrogen and oxygen atoms in total. The summed E-state index contributed by atoms with van der Waals surface area (Å²) in [5.41, 5.74) is 3.05. The minimum atomic E-state index is -0.812. The Morgan fingerprint density at radius 3 is 2.35 bits per heavy atom. The summed E-state index contributed by atoms with van der Waals surface area (Å²) in [5, 5.41) is 21.9. The lowest BCUT2D eigenvalue weighted by atomic mass is 9.80. The van der Waals surface area contributed by atoms with Gasteiger partial charge in [-0.2, -0.15) is 5.26 Å². The zero-order chi connectivity index (χ0) is 24.5. The van der Waals surface area contributed by atoms with Gasteiger partial charge in [0.05, 0.1) is 29.6 Å². The van der Waals surface area contributed by atoms with Crippen molar-refractivity contribution in [2.24, 2.45) is 0 Å². The van der Waals surface area contributed by atoms with Gasteiger partial charge in [-0.1, -0.05) is 48.5 Å². The standard InChI is InChI=1S/C27H26N2O5/c1-18-23(26(31)33-15-7-11-20-9-4-3-5-10-20)25(21-12-6-13-22(30)17-21)24(19(2)29-18)27(32)34-16-8-14-28/h3-7,9-13,17,25,29-30H,8,15-16H2,1-2H3/b11-7+. The van der Waals surface area contributed by atoms with E-state index in [9.17, 15) is 14.7 Å². The molecule has 0 saturated heterocycles. The Morgan fingerprint density at radius 2 is 1.71 bits per heavy atom. The monoisotopic (exact) mass is 458 g/mol. The number of rotatable bonds is 8. The van der Waals surface area contributed by atoms with E-state index < -0.39 is 17.9 Å². The van der Waals surface area contributed by atoms with Crippen LogP contribution in [-0.4, -0.2) is 30.3 Å². The highest BCUT2D eigenvalue weighted by Gasteiger charge is 2.38. The molecule has 1 aliphatic heterocycles. The van der Waals surface area contributed by atoms with Crippen LogP contribution in [0.5, 0.6) is 5.75 Å². The van der Waals surface area contributed by atoms with Gasteiger partial charge in [0, 0.05) is 11.4 Å². The van der Waals surface area contributed by atoms with Crippen molar-refractivity contribution in [2.45, 2.75) is 26.2 Å². The number of benzene rings is 2. The molecule has 1 heterocycles. The Hall–Kier alpha value is -4.31. The average molecular weight is 459 g/mol. The molecule has 2 N–H and O–H groups in total. The number of phenolic OH excluding ortho intramolecular Hbond substituents is 1. The summed E-state index contributed by atoms with van der Waals surface area (Å²) < 4.78 is 10.8. The average Bonchev–Trinajstić information content (AvgIpc) is 2.82. The summed E-state index contributed by atoms with van der Waals surface area (Å²) in [5.74, 6) is -2.04. The van der Waals surface area contributed by atoms with Crippen LogP contribution in [0.3, 0.4) is 0 Å². The lowest BCUT2D eigenvalue weighted by Gasteiger charge is -2.30. The number of nitrogens with one attached hydrogen (secondary N) is 1. The minimum Gasteiger partial charge on any atom is -0.508 e. The van der Waals surface area contributed by atoms with Crippen LogP contribution in [0.2, 0.25) is 0 Å². The molecule has 0 saturated carbocycles. The Bertz CT molecular complexity index is 1190. The first-order valence-corrected chi connectivity index (χ1v) is 10.8. The molecule has 0 fully saturated rings. The smallest absolute Gasteiger partial charge is 0.337 e. The second kappa shape index (κ2) is 11.5. The van der Waals surface area contributed by atoms with E-state index in [-0.39, 0.29) is 36.5 Å². The second-order valence-corrected chi connectivity index (χ2v) is 7.69. The third-order valence-electron chi connectivity index (χ3n) is 5.27. The van der Waals surface area contributed by atoms with Crippen molar-refractivity contribution in [3.8, 4) is 11.8 Å². The highest BCUT2D eigenvalue weighted by Crippen LogP contribution is 2.40. The first kappa shape index (κ1) is 24.3. The molecule has 0 spiro atoms. The van der Waals surface area contributed by atoms with Crippen molar-refractivity contribution in [3.63, 3.8) is 0 Å². The van der Waals surface area contributed by atoms with Crippen LogP contribution in [-0.2, 0) is 19.1 Å². The van der Waals surface area contributed by atoms with Gasteiger partial charge in [0.2, 0.25) is 0 Å². The van der Waals surface area contributed by atoms with Gasteiger partial charge in [-0.05, 0) is 43.2 Å². The molecule has 34 heavy (non-hydrogen) atoms. The topological polar surface area (TPSA) is 109 Å². The van der Waals surface area contributed by atoms with Gasteiger partial charge in [0.15, 0.2) is 0 Å². The summed E-state index contributed by atoms with van der Waals surface area (Å²) >= 11 is 0. The van der Waals surface area contributed by atoms with Crippen molar-refractivity contribution in [3.05, 3.63) is 94.3 Å². The van der Waals surface area contributed by atoms with E-state index in [1.807, 2.05) is 42.5 Å². The van der Waals surface area contributed by atoms with E-state index in [1.54, 1.807) is 32.1 Å². The molecule has 0 radical (unpaired) electrons. The van der Waals surface area contributed by atoms with E-state index in [0.717, 1.165) is 5.56 Å². The molecular formula is C27H26N2O5. The first-order valence-electron chi connectivity index (χ1n) is 10.8. The van der Waals surface area contributed by atoms with Crippen molar-refractivity contribution >= 4 is 18.0 Å². The van der Waals surface area contributed by atoms with Crippen LogP contribution >= 0.6 is 0 Å². The van der Waals surface area contributed by atoms with Gasteiger partial charge in [-0.25, -0.2) is 9.59 Å². The second-order valence-electron chi connectivity index (χ2n) is 7.69. The normalized spacial score (nSPS) is 15.6. The molecule has 2 aromatic carbocycles. The molecular weight excluding hydrogens is 432 g/mol. The fraction of sp³-hybridized carbons (Fsp3) is 0.222. The molecule has 0 aliphatic carbocycles. The van der Waals surface area contributed by atoms with Crippen LogP contribution in [0.1, 0.15) is 37.3 Å². The summed E-state index contributed by atoms with van der Waals surface area (Å²) in [4.78, 5) is 26.2. The number of allylic oxidation sites excluding steroid dienone is 2. The summed E-state index contributed by atoms with van der Waals surface area (Å²) in [7, 11) is 0. The summed E-state index contributed by atoms with van der Waals surface area (Å²) in [6, 6.07) is 17.9. The Balaban J connectivity index is 1.89. The van der Waals surface area contributed by atoms with E-state index in [4.69, 9.17) is 14.7 Å². The maximum Gasteiger partial charge on any atom is 0.337 e. The highest BCUT2D eigenvalue weighted by atomic mass is 16.5. The molecule has 1 unspecified atom stereocenters. The maximum absolute atomic E-state index is 13.2. The molecule has 0 amide bonds. The van der Waals surface area contributed by atoms with Crippen LogP contribution in [0, 0.1) is 11.3 Å². The van der Waals surface area contributed by atoms with Crippen LogP contribution in [0.25, 0.3) is 6.08 Å². The van der Waals surface area contributed by atoms with Gasteiger partial charge >= 0.3 is 11.9 Å². The molecule has 0 bridgehead atoms. The quantitative estimate of drug-likeness (QED) is 0.447. The van der Waals surface area contributed by atoms with E-state index in [0.29, 0.717) is 17.0 Å². The number of hydrogen-bond acceptors (Lipinski definition) is 7. The third kappa shape index (κ3) is 5.93. The van der Waals surface area contributed by atoms with E-state index in [2.05, 4.69) is 5.32 Å². The number of carbonyl (C=O) groups is 2. The fourth-order valence-electron chi connectivity index (χ4n) is 3.79. The molecule has 174 valence electrons. The number of esters is 2. The lowest BCUT2D eigenvalue weighted by molar-refractivity contribution is -0.139. The predicted molar refractivity (Wildman–Crippen MR) is 127 cm³/mol. The summed E-state index contributed by atoms with van der Waals surface area (Å²) in [6.45, 7) is 3.42. The van der Waals surface area contributed by atoms with Crippen LogP contribution < -0.4 is 5.32 Å². The molecule has 0 aromatic heterocycles. The molecule has 2 aromatic rings. The zero-order valence-electron chi connectivity index (χ0n) is 19.1. The van der Waals surface area contributed by atoms with Gasteiger partial charge < -0.3 is 19.9 Å². The Labute approximate surface area is 198 Å². The predicted octanol–water partition coefficient (Wildman–Crippen LogP) is 4.34. The number of hydrogen-bond donors (Lipinski definition) is 2. The number of aromatic hydroxyl groups is 1. The number of dihydropyridines is 1. The van der Waals surface area contributed by atoms with Gasteiger partial charge in [-0.15, -0.1) is 0 Å². The SMILES string of the molecule is CC1=C(C(=O)OC/C=C/c2ccccc2)C(c2cccc(O)c2)C(C(=O)OCCC#N)=C(C)N1. The van der Waals surface area contributed by atoms with Crippen LogP contribution in [0.4, 0.5) is 0 Å². The van der Waals surface area contributed by atoms with Crippen molar-refractivity contribution in [1.82, 2.24) is 5.32 Å². The van der Waals surface area contributed by atoms with Crippen molar-refractivity contribution < 1.29 is 24.2 Å². The molecule has 7 heteroatoms. The number of nitrogens with zero attached hydrogens (tertiary/aromatic N) is 1. The van der Waals surface area contributed by atoms with Gasteiger partial charge in [0.25, 0.3) is 0 Å². The Morgan fingerprint density at radius 1 is 1.03 bits per heavy atom.